The van der Waals surface area contributed by atoms with Gasteiger partial charge in [-0.3, -0.25) is 19.6 Å². The molecule has 1 unspecified atom stereocenters. The van der Waals surface area contributed by atoms with Crippen molar-refractivity contribution < 1.29 is 28.8 Å². The summed E-state index contributed by atoms with van der Waals surface area (Å²) in [5, 5.41) is 16.9. The molecule has 1 aliphatic rings. The Morgan fingerprint density at radius 2 is 1.56 bits per heavy atom. The smallest absolute Gasteiger partial charge is 0.320 e. The van der Waals surface area contributed by atoms with Crippen LogP contribution >= 0.6 is 0 Å². The highest BCUT2D eigenvalue weighted by Crippen LogP contribution is 2.24. The molecule has 4 rings (SSSR count). The van der Waals surface area contributed by atoms with Gasteiger partial charge in [-0.1, -0.05) is 73.5 Å². The SMILES string of the molecule is O=C(CCCCCCNC(=O)C1CCCN(C(=O)c2ccc(NC(=O)NC(c3ccccc3)c3ccccc3)c(F)c2)C1)NO. The van der Waals surface area contributed by atoms with Gasteiger partial charge in [-0.15, -0.1) is 0 Å². The topological polar surface area (TPSA) is 140 Å². The summed E-state index contributed by atoms with van der Waals surface area (Å²) in [6, 6.07) is 21.8. The average Bonchev–Trinajstić information content (AvgIpc) is 3.08. The second kappa shape index (κ2) is 16.9. The van der Waals surface area contributed by atoms with E-state index in [0.717, 1.165) is 36.5 Å². The van der Waals surface area contributed by atoms with Gasteiger partial charge in [0.15, 0.2) is 0 Å². The molecule has 0 aromatic heterocycles. The van der Waals surface area contributed by atoms with Crippen molar-refractivity contribution in [2.45, 2.75) is 51.0 Å². The predicted octanol–water partition coefficient (Wildman–Crippen LogP) is 5.16. The van der Waals surface area contributed by atoms with Crippen LogP contribution in [0.2, 0.25) is 0 Å². The van der Waals surface area contributed by atoms with Crippen molar-refractivity contribution >= 4 is 29.4 Å². The monoisotopic (exact) mass is 617 g/mol. The van der Waals surface area contributed by atoms with Gasteiger partial charge in [0, 0.05) is 31.6 Å². The Bertz CT molecular complexity index is 1400. The van der Waals surface area contributed by atoms with Gasteiger partial charge in [0.1, 0.15) is 5.82 Å². The second-order valence-electron chi connectivity index (χ2n) is 11.1. The fourth-order valence-corrected chi connectivity index (χ4v) is 5.42. The molecule has 5 amide bonds. The maximum atomic E-state index is 15.1. The molecular formula is C34H40FN5O5. The molecule has 0 radical (unpaired) electrons. The summed E-state index contributed by atoms with van der Waals surface area (Å²) in [5.41, 5.74) is 3.43. The van der Waals surface area contributed by atoms with Gasteiger partial charge in [0.25, 0.3) is 5.91 Å². The third-order valence-electron chi connectivity index (χ3n) is 7.84. The molecule has 0 aliphatic carbocycles. The minimum Gasteiger partial charge on any atom is -0.356 e. The first-order valence-electron chi connectivity index (χ1n) is 15.3. The van der Waals surface area contributed by atoms with Crippen LogP contribution in [0.25, 0.3) is 0 Å². The Balaban J connectivity index is 1.28. The van der Waals surface area contributed by atoms with Crippen LogP contribution in [0.4, 0.5) is 14.9 Å². The summed E-state index contributed by atoms with van der Waals surface area (Å²) >= 11 is 0. The van der Waals surface area contributed by atoms with Crippen LogP contribution in [-0.4, -0.2) is 53.5 Å². The number of hydrogen-bond donors (Lipinski definition) is 5. The van der Waals surface area contributed by atoms with E-state index in [1.165, 1.54) is 12.1 Å². The number of rotatable bonds is 13. The zero-order chi connectivity index (χ0) is 32.0. The van der Waals surface area contributed by atoms with E-state index in [1.54, 1.807) is 10.4 Å². The molecule has 1 atom stereocenters. The van der Waals surface area contributed by atoms with Crippen LogP contribution in [0.15, 0.2) is 78.9 Å². The number of hydrogen-bond acceptors (Lipinski definition) is 5. The quantitative estimate of drug-likeness (QED) is 0.102. The van der Waals surface area contributed by atoms with Crippen LogP contribution in [0.1, 0.15) is 72.5 Å². The van der Waals surface area contributed by atoms with Gasteiger partial charge >= 0.3 is 6.03 Å². The van der Waals surface area contributed by atoms with Gasteiger partial charge in [0.2, 0.25) is 11.8 Å². The molecule has 238 valence electrons. The fraction of sp³-hybridized carbons (Fsp3) is 0.353. The van der Waals surface area contributed by atoms with Crippen molar-refractivity contribution in [3.05, 3.63) is 101 Å². The summed E-state index contributed by atoms with van der Waals surface area (Å²) in [5.74, 6) is -1.99. The number of nitrogens with one attached hydrogen (secondary N) is 4. The van der Waals surface area contributed by atoms with E-state index in [2.05, 4.69) is 16.0 Å². The Morgan fingerprint density at radius 1 is 0.889 bits per heavy atom. The fourth-order valence-electron chi connectivity index (χ4n) is 5.42. The number of urea groups is 1. The minimum atomic E-state index is -0.740. The number of likely N-dealkylation sites (tertiary alicyclic amines) is 1. The molecule has 0 bridgehead atoms. The lowest BCUT2D eigenvalue weighted by molar-refractivity contribution is -0.129. The normalized spacial score (nSPS) is 14.5. The highest BCUT2D eigenvalue weighted by atomic mass is 19.1. The molecule has 1 heterocycles. The lowest BCUT2D eigenvalue weighted by atomic mass is 9.96. The Morgan fingerprint density at radius 3 is 2.20 bits per heavy atom. The van der Waals surface area contributed by atoms with Crippen molar-refractivity contribution in [2.24, 2.45) is 5.92 Å². The average molecular weight is 618 g/mol. The molecule has 11 heteroatoms. The van der Waals surface area contributed by atoms with E-state index < -0.39 is 23.8 Å². The first-order chi connectivity index (χ1) is 21.9. The summed E-state index contributed by atoms with van der Waals surface area (Å²) in [6.45, 7) is 1.21. The van der Waals surface area contributed by atoms with Gasteiger partial charge in [0.05, 0.1) is 17.6 Å². The Kier molecular flexibility index (Phi) is 12.4. The third-order valence-corrected chi connectivity index (χ3v) is 7.84. The van der Waals surface area contributed by atoms with Crippen LogP contribution in [0, 0.1) is 11.7 Å². The zero-order valence-corrected chi connectivity index (χ0v) is 25.1. The lowest BCUT2D eigenvalue weighted by Gasteiger charge is -2.32. The number of piperidine rings is 1. The maximum Gasteiger partial charge on any atom is 0.320 e. The maximum absolute atomic E-state index is 15.1. The zero-order valence-electron chi connectivity index (χ0n) is 25.1. The molecule has 45 heavy (non-hydrogen) atoms. The first kappa shape index (κ1) is 33.1. The van der Waals surface area contributed by atoms with E-state index in [0.29, 0.717) is 32.4 Å². The van der Waals surface area contributed by atoms with Crippen LogP contribution in [0.3, 0.4) is 0 Å². The number of hydroxylamine groups is 1. The van der Waals surface area contributed by atoms with E-state index in [-0.39, 0.29) is 41.9 Å². The number of halogens is 1. The standard InChI is InChI=1S/C34H40FN5O5/c35-28-22-26(33(43)40-21-11-16-27(23-40)32(42)36-20-10-2-1-9-17-30(41)39-45)18-19-29(28)37-34(44)38-31(24-12-5-3-6-13-24)25-14-7-4-8-15-25/h3-8,12-15,18-19,22,27,31,45H,1-2,9-11,16-17,20-21,23H2,(H,36,42)(H,39,41)(H2,37,38,44). The van der Waals surface area contributed by atoms with E-state index >= 15 is 4.39 Å². The molecule has 3 aromatic carbocycles. The van der Waals surface area contributed by atoms with Gasteiger partial charge in [-0.05, 0) is 55.0 Å². The number of nitrogens with zero attached hydrogens (tertiary/aromatic N) is 1. The number of amides is 5. The van der Waals surface area contributed by atoms with Gasteiger partial charge < -0.3 is 20.9 Å². The molecule has 1 fully saturated rings. The molecule has 0 saturated carbocycles. The van der Waals surface area contributed by atoms with Gasteiger partial charge in [-0.2, -0.15) is 0 Å². The molecular weight excluding hydrogens is 577 g/mol. The molecule has 0 spiro atoms. The molecule has 5 N–H and O–H groups in total. The largest absolute Gasteiger partial charge is 0.356 e. The summed E-state index contributed by atoms with van der Waals surface area (Å²) in [6.07, 6.45) is 4.65. The minimum absolute atomic E-state index is 0.0588. The number of anilines is 1. The highest BCUT2D eigenvalue weighted by molar-refractivity contribution is 5.96. The number of benzene rings is 3. The van der Waals surface area contributed by atoms with E-state index in [9.17, 15) is 19.2 Å². The van der Waals surface area contributed by atoms with Crippen molar-refractivity contribution in [1.29, 1.82) is 0 Å². The molecule has 1 aliphatic heterocycles. The predicted molar refractivity (Wildman–Crippen MR) is 168 cm³/mol. The first-order valence-corrected chi connectivity index (χ1v) is 15.3. The Hall–Kier alpha value is -4.77. The number of unbranched alkanes of at least 4 members (excludes halogenated alkanes) is 3. The van der Waals surface area contributed by atoms with Crippen molar-refractivity contribution in [3.63, 3.8) is 0 Å². The lowest BCUT2D eigenvalue weighted by Crippen LogP contribution is -2.45. The summed E-state index contributed by atoms with van der Waals surface area (Å²) in [4.78, 5) is 51.5. The molecule has 1 saturated heterocycles. The molecule has 10 nitrogen and oxygen atoms in total. The van der Waals surface area contributed by atoms with Crippen molar-refractivity contribution in [3.8, 4) is 0 Å². The van der Waals surface area contributed by atoms with E-state index in [4.69, 9.17) is 5.21 Å². The Labute approximate surface area is 262 Å². The summed E-state index contributed by atoms with van der Waals surface area (Å²) in [7, 11) is 0. The van der Waals surface area contributed by atoms with E-state index in [1.807, 2.05) is 60.7 Å². The molecule has 3 aromatic rings. The summed E-state index contributed by atoms with van der Waals surface area (Å²) < 4.78 is 15.1. The van der Waals surface area contributed by atoms with Crippen molar-refractivity contribution in [2.75, 3.05) is 25.0 Å². The van der Waals surface area contributed by atoms with Crippen molar-refractivity contribution in [1.82, 2.24) is 21.0 Å². The second-order valence-corrected chi connectivity index (χ2v) is 11.1. The number of carbonyl (C=O) groups is 4. The van der Waals surface area contributed by atoms with Crippen LogP contribution < -0.4 is 21.4 Å². The van der Waals surface area contributed by atoms with Crippen LogP contribution in [-0.2, 0) is 9.59 Å². The highest BCUT2D eigenvalue weighted by Gasteiger charge is 2.29. The van der Waals surface area contributed by atoms with Crippen LogP contribution in [0.5, 0.6) is 0 Å². The number of carbonyl (C=O) groups excluding carboxylic acids is 4. The van der Waals surface area contributed by atoms with Gasteiger partial charge in [-0.25, -0.2) is 14.7 Å². The third kappa shape index (κ3) is 9.87.